The van der Waals surface area contributed by atoms with Crippen LogP contribution in [0.4, 0.5) is 0 Å². The summed E-state index contributed by atoms with van der Waals surface area (Å²) in [5.41, 5.74) is 0.587. The van der Waals surface area contributed by atoms with Crippen molar-refractivity contribution in [1.29, 1.82) is 0 Å². The number of carbonyl (C=O) groups excluding carboxylic acids is 1. The molecule has 17 heavy (non-hydrogen) atoms. The van der Waals surface area contributed by atoms with E-state index in [9.17, 15) is 4.79 Å². The van der Waals surface area contributed by atoms with E-state index in [0.717, 1.165) is 10.9 Å². The van der Waals surface area contributed by atoms with E-state index in [0.29, 0.717) is 16.5 Å². The zero-order valence-corrected chi connectivity index (χ0v) is 12.6. The standard InChI is InChI=1S/C13H17BrClNO/c1-4-12(8(2)3)16-13(17)9-5-10(14)7-11(15)6-9/h5-8,12H,4H2,1-3H3,(H,16,17). The molecule has 0 aliphatic heterocycles. The van der Waals surface area contributed by atoms with Crippen LogP contribution in [0.25, 0.3) is 0 Å². The summed E-state index contributed by atoms with van der Waals surface area (Å²) in [5.74, 6) is 0.348. The minimum absolute atomic E-state index is 0.0752. The highest BCUT2D eigenvalue weighted by Crippen LogP contribution is 2.20. The maximum atomic E-state index is 12.0. The van der Waals surface area contributed by atoms with Crippen LogP contribution >= 0.6 is 27.5 Å². The second-order valence-corrected chi connectivity index (χ2v) is 5.74. The smallest absolute Gasteiger partial charge is 0.251 e. The molecule has 2 nitrogen and oxygen atoms in total. The Morgan fingerprint density at radius 2 is 2.06 bits per heavy atom. The summed E-state index contributed by atoms with van der Waals surface area (Å²) < 4.78 is 0.813. The number of carbonyl (C=O) groups is 1. The molecule has 1 N–H and O–H groups in total. The topological polar surface area (TPSA) is 29.1 Å². The number of halogens is 2. The lowest BCUT2D eigenvalue weighted by atomic mass is 10.0. The van der Waals surface area contributed by atoms with Crippen molar-refractivity contribution in [2.75, 3.05) is 0 Å². The summed E-state index contributed by atoms with van der Waals surface area (Å²) >= 11 is 9.25. The van der Waals surface area contributed by atoms with Gasteiger partial charge in [-0.15, -0.1) is 0 Å². The molecular weight excluding hydrogens is 302 g/mol. The first-order valence-electron chi connectivity index (χ1n) is 5.71. The maximum Gasteiger partial charge on any atom is 0.251 e. The van der Waals surface area contributed by atoms with Crippen molar-refractivity contribution >= 4 is 33.4 Å². The molecule has 1 atom stereocenters. The van der Waals surface area contributed by atoms with Crippen molar-refractivity contribution in [2.24, 2.45) is 5.92 Å². The van der Waals surface area contributed by atoms with Crippen LogP contribution in [0, 0.1) is 5.92 Å². The molecule has 0 aromatic heterocycles. The Balaban J connectivity index is 2.82. The summed E-state index contributed by atoms with van der Waals surface area (Å²) in [6.07, 6.45) is 0.922. The molecule has 0 aliphatic carbocycles. The van der Waals surface area contributed by atoms with Crippen LogP contribution < -0.4 is 5.32 Å². The van der Waals surface area contributed by atoms with Crippen molar-refractivity contribution in [3.05, 3.63) is 33.3 Å². The Kier molecular flexibility index (Phi) is 5.47. The Bertz CT molecular complexity index is 386. The Morgan fingerprint density at radius 1 is 1.41 bits per heavy atom. The lowest BCUT2D eigenvalue weighted by molar-refractivity contribution is 0.0924. The number of nitrogens with one attached hydrogen (secondary N) is 1. The summed E-state index contributed by atoms with van der Waals surface area (Å²) in [6, 6.07) is 5.40. The van der Waals surface area contributed by atoms with E-state index in [1.165, 1.54) is 0 Å². The van der Waals surface area contributed by atoms with Crippen LogP contribution in [-0.4, -0.2) is 11.9 Å². The molecule has 0 fully saturated rings. The number of hydrogen-bond donors (Lipinski definition) is 1. The third kappa shape index (κ3) is 4.32. The first-order valence-corrected chi connectivity index (χ1v) is 6.88. The lowest BCUT2D eigenvalue weighted by Gasteiger charge is -2.20. The molecule has 0 saturated heterocycles. The molecular formula is C13H17BrClNO. The van der Waals surface area contributed by atoms with Gasteiger partial charge in [0.1, 0.15) is 0 Å². The van der Waals surface area contributed by atoms with Crippen LogP contribution in [-0.2, 0) is 0 Å². The predicted molar refractivity (Wildman–Crippen MR) is 75.5 cm³/mol. The first-order chi connectivity index (χ1) is 7.93. The number of rotatable bonds is 4. The molecule has 1 amide bonds. The molecule has 94 valence electrons. The van der Waals surface area contributed by atoms with Gasteiger partial charge in [0.2, 0.25) is 0 Å². The number of benzene rings is 1. The SMILES string of the molecule is CCC(NC(=O)c1cc(Cl)cc(Br)c1)C(C)C. The highest BCUT2D eigenvalue weighted by Gasteiger charge is 2.15. The van der Waals surface area contributed by atoms with Crippen molar-refractivity contribution in [2.45, 2.75) is 33.2 Å². The average Bonchev–Trinajstić information content (AvgIpc) is 2.23. The van der Waals surface area contributed by atoms with Gasteiger partial charge in [-0.1, -0.05) is 48.3 Å². The minimum Gasteiger partial charge on any atom is -0.349 e. The number of amides is 1. The van der Waals surface area contributed by atoms with Gasteiger partial charge in [0, 0.05) is 21.1 Å². The quantitative estimate of drug-likeness (QED) is 0.882. The fourth-order valence-corrected chi connectivity index (χ4v) is 2.54. The van der Waals surface area contributed by atoms with Crippen molar-refractivity contribution < 1.29 is 4.79 Å². The summed E-state index contributed by atoms with van der Waals surface area (Å²) in [4.78, 5) is 12.0. The maximum absolute atomic E-state index is 12.0. The van der Waals surface area contributed by atoms with Gasteiger partial charge in [-0.2, -0.15) is 0 Å². The fourth-order valence-electron chi connectivity index (χ4n) is 1.68. The molecule has 1 unspecified atom stereocenters. The van der Waals surface area contributed by atoms with Crippen molar-refractivity contribution in [3.8, 4) is 0 Å². The summed E-state index contributed by atoms with van der Waals surface area (Å²) in [5, 5.41) is 3.58. The van der Waals surface area contributed by atoms with Gasteiger partial charge in [-0.25, -0.2) is 0 Å². The Morgan fingerprint density at radius 3 is 2.53 bits per heavy atom. The molecule has 0 saturated carbocycles. The van der Waals surface area contributed by atoms with Gasteiger partial charge in [0.15, 0.2) is 0 Å². The van der Waals surface area contributed by atoms with E-state index in [-0.39, 0.29) is 11.9 Å². The van der Waals surface area contributed by atoms with E-state index in [2.05, 4.69) is 42.0 Å². The van der Waals surface area contributed by atoms with Crippen LogP contribution in [0.5, 0.6) is 0 Å². The average molecular weight is 319 g/mol. The zero-order chi connectivity index (χ0) is 13.0. The molecule has 1 rings (SSSR count). The molecule has 1 aromatic rings. The lowest BCUT2D eigenvalue weighted by Crippen LogP contribution is -2.38. The minimum atomic E-state index is -0.0752. The van der Waals surface area contributed by atoms with Gasteiger partial charge >= 0.3 is 0 Å². The van der Waals surface area contributed by atoms with E-state index < -0.39 is 0 Å². The summed E-state index contributed by atoms with van der Waals surface area (Å²) in [6.45, 7) is 6.27. The van der Waals surface area contributed by atoms with Crippen molar-refractivity contribution in [1.82, 2.24) is 5.32 Å². The van der Waals surface area contributed by atoms with Gasteiger partial charge in [0.05, 0.1) is 0 Å². The van der Waals surface area contributed by atoms with Gasteiger partial charge in [-0.3, -0.25) is 4.79 Å². The first kappa shape index (κ1) is 14.5. The van der Waals surface area contributed by atoms with Gasteiger partial charge in [-0.05, 0) is 30.5 Å². The second-order valence-electron chi connectivity index (χ2n) is 4.39. The summed E-state index contributed by atoms with van der Waals surface area (Å²) in [7, 11) is 0. The molecule has 4 heteroatoms. The van der Waals surface area contributed by atoms with Gasteiger partial charge < -0.3 is 5.32 Å². The van der Waals surface area contributed by atoms with E-state index in [1.807, 2.05) is 0 Å². The van der Waals surface area contributed by atoms with E-state index in [4.69, 9.17) is 11.6 Å². The predicted octanol–water partition coefficient (Wildman–Crippen LogP) is 4.27. The molecule has 1 aromatic carbocycles. The second kappa shape index (κ2) is 6.41. The molecule has 0 aliphatic rings. The normalized spacial score (nSPS) is 12.6. The third-order valence-electron chi connectivity index (χ3n) is 2.69. The Labute approximate surface area is 116 Å². The molecule has 0 spiro atoms. The third-order valence-corrected chi connectivity index (χ3v) is 3.36. The zero-order valence-electron chi connectivity index (χ0n) is 10.3. The fraction of sp³-hybridized carbons (Fsp3) is 0.462. The largest absolute Gasteiger partial charge is 0.349 e. The van der Waals surface area contributed by atoms with E-state index >= 15 is 0 Å². The highest BCUT2D eigenvalue weighted by molar-refractivity contribution is 9.10. The Hall–Kier alpha value is -0.540. The van der Waals surface area contributed by atoms with Crippen LogP contribution in [0.2, 0.25) is 5.02 Å². The monoisotopic (exact) mass is 317 g/mol. The molecule has 0 heterocycles. The highest BCUT2D eigenvalue weighted by atomic mass is 79.9. The van der Waals surface area contributed by atoms with Crippen LogP contribution in [0.3, 0.4) is 0 Å². The van der Waals surface area contributed by atoms with Crippen LogP contribution in [0.15, 0.2) is 22.7 Å². The van der Waals surface area contributed by atoms with Crippen LogP contribution in [0.1, 0.15) is 37.6 Å². The molecule has 0 bridgehead atoms. The molecule has 0 radical (unpaired) electrons. The van der Waals surface area contributed by atoms with Crippen molar-refractivity contribution in [3.63, 3.8) is 0 Å². The number of hydrogen-bond acceptors (Lipinski definition) is 1. The van der Waals surface area contributed by atoms with Gasteiger partial charge in [0.25, 0.3) is 5.91 Å². The van der Waals surface area contributed by atoms with E-state index in [1.54, 1.807) is 18.2 Å².